The Bertz CT molecular complexity index is 1540. The molecule has 218 valence electrons. The van der Waals surface area contributed by atoms with Gasteiger partial charge in [-0.15, -0.1) is 5.10 Å². The van der Waals surface area contributed by atoms with E-state index in [0.717, 1.165) is 11.6 Å². The number of carbonyl (C=O) groups is 1. The molecule has 0 aliphatic carbocycles. The van der Waals surface area contributed by atoms with Crippen LogP contribution in [0, 0.1) is 11.6 Å². The molecule has 10 heteroatoms. The summed E-state index contributed by atoms with van der Waals surface area (Å²) in [5, 5.41) is 8.25. The second kappa shape index (κ2) is 11.3. The van der Waals surface area contributed by atoms with Crippen molar-refractivity contribution in [1.82, 2.24) is 20.0 Å². The molecule has 2 N–H and O–H groups in total. The Labute approximate surface area is 243 Å². The maximum Gasteiger partial charge on any atom is 0.312 e. The number of hydrogen-bond acceptors (Lipinski definition) is 7. The highest BCUT2D eigenvalue weighted by molar-refractivity contribution is 5.94. The van der Waals surface area contributed by atoms with Crippen molar-refractivity contribution in [3.05, 3.63) is 113 Å². The Hall–Kier alpha value is -4.15. The number of benzene rings is 3. The molecule has 0 bridgehead atoms. The van der Waals surface area contributed by atoms with Crippen LogP contribution >= 0.6 is 0 Å². The normalized spacial score (nSPS) is 22.6. The Morgan fingerprint density at radius 1 is 0.952 bits per heavy atom. The van der Waals surface area contributed by atoms with Gasteiger partial charge >= 0.3 is 6.01 Å². The van der Waals surface area contributed by atoms with Crippen molar-refractivity contribution in [3.63, 3.8) is 0 Å². The average Bonchev–Trinajstić information content (AvgIpc) is 3.49. The first kappa shape index (κ1) is 28.0. The van der Waals surface area contributed by atoms with Gasteiger partial charge in [0.15, 0.2) is 11.6 Å². The summed E-state index contributed by atoms with van der Waals surface area (Å²) in [4.78, 5) is 18.3. The van der Waals surface area contributed by atoms with Gasteiger partial charge in [-0.1, -0.05) is 66.6 Å². The number of nitrogens with two attached hydrogens (primary N) is 1. The second-order valence-electron chi connectivity index (χ2n) is 10.9. The molecule has 6 rings (SSSR count). The monoisotopic (exact) mass is 573 g/mol. The van der Waals surface area contributed by atoms with Crippen molar-refractivity contribution in [3.8, 4) is 0 Å². The van der Waals surface area contributed by atoms with Gasteiger partial charge in [0.25, 0.3) is 5.91 Å². The number of anilines is 1. The van der Waals surface area contributed by atoms with Crippen LogP contribution in [0.2, 0.25) is 0 Å². The van der Waals surface area contributed by atoms with Gasteiger partial charge in [-0.25, -0.2) is 8.78 Å². The minimum atomic E-state index is -0.980. The molecule has 3 aromatic carbocycles. The van der Waals surface area contributed by atoms with Gasteiger partial charge in [0, 0.05) is 25.2 Å². The van der Waals surface area contributed by atoms with E-state index in [1.807, 2.05) is 60.4 Å². The van der Waals surface area contributed by atoms with Crippen LogP contribution in [0.25, 0.3) is 0 Å². The zero-order chi connectivity index (χ0) is 29.3. The summed E-state index contributed by atoms with van der Waals surface area (Å²) in [5.74, 6) is -1.58. The topological polar surface area (TPSA) is 97.7 Å². The molecule has 1 amide bonds. The second-order valence-corrected chi connectivity index (χ2v) is 10.9. The molecule has 2 saturated heterocycles. The Balaban J connectivity index is 1.43. The van der Waals surface area contributed by atoms with Crippen LogP contribution in [0.5, 0.6) is 0 Å². The van der Waals surface area contributed by atoms with Crippen LogP contribution in [-0.4, -0.2) is 57.8 Å². The Morgan fingerprint density at radius 3 is 2.26 bits per heavy atom. The number of nitrogens with zero attached hydrogens (tertiary/aromatic N) is 4. The third-order valence-corrected chi connectivity index (χ3v) is 8.86. The molecule has 0 radical (unpaired) electrons. The Kier molecular flexibility index (Phi) is 7.51. The lowest BCUT2D eigenvalue weighted by Gasteiger charge is -2.59. The highest BCUT2D eigenvalue weighted by atomic mass is 19.2. The number of aromatic nitrogens is 2. The smallest absolute Gasteiger partial charge is 0.312 e. The van der Waals surface area contributed by atoms with E-state index < -0.39 is 28.8 Å². The van der Waals surface area contributed by atoms with Crippen molar-refractivity contribution >= 4 is 11.9 Å². The molecule has 0 saturated carbocycles. The quantitative estimate of drug-likeness (QED) is 0.333. The number of hydrogen-bond donors (Lipinski definition) is 1. The van der Waals surface area contributed by atoms with E-state index in [0.29, 0.717) is 55.9 Å². The molecule has 2 fully saturated rings. The van der Waals surface area contributed by atoms with E-state index in [1.165, 1.54) is 6.07 Å². The maximum atomic E-state index is 14.6. The molecule has 8 nitrogen and oxygen atoms in total. The number of piperidine rings is 1. The predicted molar refractivity (Wildman–Crippen MR) is 152 cm³/mol. The standard InChI is InChI=1S/C32H33F2N5O3/c1-2-32(38-17-15-31(16-18-38,24-11-7-4-8-12-24)29-36-37-30(35)42-29)27(23-13-14-25(33)26(34)21-23)41-20-19-39(32)28(40)22-9-5-3-6-10-22/h3-14,21,27H,2,15-20H2,1H3,(H2,35,37). The summed E-state index contributed by atoms with van der Waals surface area (Å²) >= 11 is 0. The average molecular weight is 574 g/mol. The fourth-order valence-corrected chi connectivity index (χ4v) is 6.81. The largest absolute Gasteiger partial charge is 0.407 e. The van der Waals surface area contributed by atoms with Crippen LogP contribution in [-0.2, 0) is 10.2 Å². The number of amides is 1. The summed E-state index contributed by atoms with van der Waals surface area (Å²) in [6.07, 6.45) is 0.958. The molecule has 42 heavy (non-hydrogen) atoms. The number of nitrogen functional groups attached to an aromatic ring is 1. The van der Waals surface area contributed by atoms with Gasteiger partial charge in [-0.05, 0) is 54.7 Å². The molecule has 3 heterocycles. The molecule has 2 unspecified atom stereocenters. The summed E-state index contributed by atoms with van der Waals surface area (Å²) in [7, 11) is 0. The van der Waals surface area contributed by atoms with E-state index in [-0.39, 0.29) is 18.5 Å². The summed E-state index contributed by atoms with van der Waals surface area (Å²) in [6.45, 7) is 3.68. The number of ether oxygens (including phenoxy) is 1. The van der Waals surface area contributed by atoms with Crippen LogP contribution < -0.4 is 5.73 Å². The van der Waals surface area contributed by atoms with Gasteiger partial charge in [-0.3, -0.25) is 9.69 Å². The lowest BCUT2D eigenvalue weighted by molar-refractivity contribution is -0.192. The van der Waals surface area contributed by atoms with Gasteiger partial charge in [-0.2, -0.15) is 0 Å². The maximum absolute atomic E-state index is 14.6. The van der Waals surface area contributed by atoms with Crippen LogP contribution in [0.3, 0.4) is 0 Å². The lowest BCUT2D eigenvalue weighted by atomic mass is 9.71. The number of morpholine rings is 1. The fraction of sp³-hybridized carbons (Fsp3) is 0.344. The van der Waals surface area contributed by atoms with Crippen LogP contribution in [0.1, 0.15) is 59.7 Å². The van der Waals surface area contributed by atoms with Gasteiger partial charge in [0.2, 0.25) is 5.89 Å². The van der Waals surface area contributed by atoms with Crippen molar-refractivity contribution in [1.29, 1.82) is 0 Å². The third kappa shape index (κ3) is 4.64. The molecule has 2 atom stereocenters. The van der Waals surface area contributed by atoms with Gasteiger partial charge in [0.05, 0.1) is 12.0 Å². The number of likely N-dealkylation sites (tertiary alicyclic amines) is 1. The number of rotatable bonds is 6. The molecule has 2 aliphatic heterocycles. The SMILES string of the molecule is CCC1(N2CCC(c3ccccc3)(c3nnc(N)o3)CC2)C(c2ccc(F)c(F)c2)OCCN1C(=O)c1ccccc1. The molecule has 1 aromatic heterocycles. The summed E-state index contributed by atoms with van der Waals surface area (Å²) < 4.78 is 40.8. The van der Waals surface area contributed by atoms with Gasteiger partial charge in [0.1, 0.15) is 11.8 Å². The fourth-order valence-electron chi connectivity index (χ4n) is 6.81. The molecule has 2 aliphatic rings. The Morgan fingerprint density at radius 2 is 1.64 bits per heavy atom. The zero-order valence-corrected chi connectivity index (χ0v) is 23.4. The first-order chi connectivity index (χ1) is 20.4. The molecular formula is C32H33F2N5O3. The van der Waals surface area contributed by atoms with E-state index >= 15 is 0 Å². The number of carbonyl (C=O) groups excluding carboxylic acids is 1. The van der Waals surface area contributed by atoms with E-state index in [4.69, 9.17) is 14.9 Å². The highest BCUT2D eigenvalue weighted by Gasteiger charge is 2.56. The minimum Gasteiger partial charge on any atom is -0.407 e. The van der Waals surface area contributed by atoms with Crippen LogP contribution in [0.15, 0.2) is 83.3 Å². The first-order valence-electron chi connectivity index (χ1n) is 14.2. The van der Waals surface area contributed by atoms with E-state index in [9.17, 15) is 13.6 Å². The highest BCUT2D eigenvalue weighted by Crippen LogP contribution is 2.48. The molecule has 4 aromatic rings. The summed E-state index contributed by atoms with van der Waals surface area (Å²) in [6, 6.07) is 23.0. The predicted octanol–water partition coefficient (Wildman–Crippen LogP) is 5.33. The van der Waals surface area contributed by atoms with Crippen molar-refractivity contribution in [2.24, 2.45) is 0 Å². The van der Waals surface area contributed by atoms with Crippen molar-refractivity contribution in [2.45, 2.75) is 43.4 Å². The first-order valence-corrected chi connectivity index (χ1v) is 14.2. The van der Waals surface area contributed by atoms with Crippen molar-refractivity contribution < 1.29 is 22.7 Å². The van der Waals surface area contributed by atoms with Crippen LogP contribution in [0.4, 0.5) is 14.8 Å². The molecular weight excluding hydrogens is 540 g/mol. The van der Waals surface area contributed by atoms with E-state index in [2.05, 4.69) is 15.1 Å². The van der Waals surface area contributed by atoms with Crippen molar-refractivity contribution in [2.75, 3.05) is 32.0 Å². The third-order valence-electron chi connectivity index (χ3n) is 8.86. The summed E-state index contributed by atoms with van der Waals surface area (Å²) in [5.41, 5.74) is 6.35. The van der Waals surface area contributed by atoms with Gasteiger partial charge < -0.3 is 19.8 Å². The number of halogens is 2. The zero-order valence-electron chi connectivity index (χ0n) is 23.4. The van der Waals surface area contributed by atoms with E-state index in [1.54, 1.807) is 18.2 Å². The molecule has 0 spiro atoms. The lowest BCUT2D eigenvalue weighted by Crippen LogP contribution is -2.70. The minimum absolute atomic E-state index is 0.00600.